The number of nitrogens with zero attached hydrogens (tertiary/aromatic N) is 3. The highest BCUT2D eigenvalue weighted by Crippen LogP contribution is 2.33. The second-order valence-electron chi connectivity index (χ2n) is 7.11. The molecular formula is C23H24N4O. The third-order valence-corrected chi connectivity index (χ3v) is 4.96. The highest BCUT2D eigenvalue weighted by Gasteiger charge is 2.32. The minimum atomic E-state index is -0.0865. The number of aromatic nitrogens is 2. The van der Waals surface area contributed by atoms with Gasteiger partial charge in [0.1, 0.15) is 11.5 Å². The quantitative estimate of drug-likeness (QED) is 0.713. The van der Waals surface area contributed by atoms with Gasteiger partial charge in [0.05, 0.1) is 0 Å². The molecule has 0 spiro atoms. The van der Waals surface area contributed by atoms with Crippen LogP contribution in [0.25, 0.3) is 11.4 Å². The van der Waals surface area contributed by atoms with Gasteiger partial charge in [0, 0.05) is 29.9 Å². The van der Waals surface area contributed by atoms with Crippen LogP contribution < -0.4 is 10.2 Å². The van der Waals surface area contributed by atoms with E-state index in [1.807, 2.05) is 53.4 Å². The third-order valence-electron chi connectivity index (χ3n) is 4.96. The van der Waals surface area contributed by atoms with Crippen molar-refractivity contribution in [2.75, 3.05) is 16.8 Å². The maximum absolute atomic E-state index is 13.4. The molecule has 1 atom stereocenters. The van der Waals surface area contributed by atoms with Gasteiger partial charge in [-0.2, -0.15) is 0 Å². The van der Waals surface area contributed by atoms with E-state index in [9.17, 15) is 4.79 Å². The summed E-state index contributed by atoms with van der Waals surface area (Å²) in [6, 6.07) is 19.7. The molecule has 1 amide bonds. The van der Waals surface area contributed by atoms with Crippen molar-refractivity contribution in [2.45, 2.75) is 32.7 Å². The Morgan fingerprint density at radius 1 is 1.11 bits per heavy atom. The molecule has 0 radical (unpaired) electrons. The van der Waals surface area contributed by atoms with E-state index in [1.165, 1.54) is 5.56 Å². The summed E-state index contributed by atoms with van der Waals surface area (Å²) in [6.07, 6.45) is 1.84. The molecule has 0 fully saturated rings. The highest BCUT2D eigenvalue weighted by atomic mass is 16.2. The lowest BCUT2D eigenvalue weighted by atomic mass is 10.1. The summed E-state index contributed by atoms with van der Waals surface area (Å²) in [5.74, 6) is 1.15. The van der Waals surface area contributed by atoms with Crippen molar-refractivity contribution in [3.8, 4) is 11.4 Å². The minimum Gasteiger partial charge on any atom is -0.370 e. The molecule has 0 bridgehead atoms. The first-order valence-electron chi connectivity index (χ1n) is 9.77. The molecule has 4 rings (SSSR count). The van der Waals surface area contributed by atoms with E-state index in [1.54, 1.807) is 6.07 Å². The second-order valence-corrected chi connectivity index (χ2v) is 7.11. The minimum absolute atomic E-state index is 0.0865. The molecule has 1 N–H and O–H groups in total. The first-order valence-corrected chi connectivity index (χ1v) is 9.77. The molecule has 2 heterocycles. The van der Waals surface area contributed by atoms with Gasteiger partial charge in [-0.1, -0.05) is 55.5 Å². The molecule has 1 aromatic heterocycles. The van der Waals surface area contributed by atoms with Gasteiger partial charge in [0.15, 0.2) is 5.82 Å². The van der Waals surface area contributed by atoms with Gasteiger partial charge in [-0.3, -0.25) is 4.79 Å². The van der Waals surface area contributed by atoms with Crippen LogP contribution in [0.3, 0.4) is 0 Å². The van der Waals surface area contributed by atoms with Crippen LogP contribution in [0.1, 0.15) is 36.3 Å². The van der Waals surface area contributed by atoms with Crippen LogP contribution in [0.5, 0.6) is 0 Å². The van der Waals surface area contributed by atoms with Crippen LogP contribution in [0.4, 0.5) is 11.5 Å². The summed E-state index contributed by atoms with van der Waals surface area (Å²) in [7, 11) is 0. The monoisotopic (exact) mass is 372 g/mol. The van der Waals surface area contributed by atoms with Crippen molar-refractivity contribution in [2.24, 2.45) is 0 Å². The van der Waals surface area contributed by atoms with E-state index in [0.29, 0.717) is 17.3 Å². The van der Waals surface area contributed by atoms with E-state index in [2.05, 4.69) is 35.2 Å². The van der Waals surface area contributed by atoms with E-state index >= 15 is 0 Å². The maximum Gasteiger partial charge on any atom is 0.277 e. The van der Waals surface area contributed by atoms with Crippen molar-refractivity contribution in [3.63, 3.8) is 0 Å². The van der Waals surface area contributed by atoms with E-state index < -0.39 is 0 Å². The van der Waals surface area contributed by atoms with E-state index in [-0.39, 0.29) is 11.9 Å². The predicted octanol–water partition coefficient (Wildman–Crippen LogP) is 4.56. The Balaban J connectivity index is 1.75. The standard InChI is InChI=1S/C23H24N4O/c1-3-13-24-21-15-19(25-22(26-21)17-9-5-4-6-10-17)23(28)27-16(2)14-18-11-7-8-12-20(18)27/h4-12,15-16H,3,13-14H2,1-2H3,(H,24,25,26). The summed E-state index contributed by atoms with van der Waals surface area (Å²) in [4.78, 5) is 24.5. The van der Waals surface area contributed by atoms with Gasteiger partial charge >= 0.3 is 0 Å². The first kappa shape index (κ1) is 18.2. The van der Waals surface area contributed by atoms with Crippen molar-refractivity contribution < 1.29 is 4.79 Å². The Bertz CT molecular complexity index is 987. The largest absolute Gasteiger partial charge is 0.370 e. The molecule has 2 aromatic carbocycles. The maximum atomic E-state index is 13.4. The average Bonchev–Trinajstić information content (AvgIpc) is 3.07. The van der Waals surface area contributed by atoms with Gasteiger partial charge in [0.25, 0.3) is 5.91 Å². The number of para-hydroxylation sites is 1. The lowest BCUT2D eigenvalue weighted by Crippen LogP contribution is -2.36. The van der Waals surface area contributed by atoms with Gasteiger partial charge in [-0.25, -0.2) is 9.97 Å². The topological polar surface area (TPSA) is 58.1 Å². The van der Waals surface area contributed by atoms with Crippen LogP contribution in [0, 0.1) is 0 Å². The number of benzene rings is 2. The van der Waals surface area contributed by atoms with E-state index in [4.69, 9.17) is 0 Å². The number of fused-ring (bicyclic) bond motifs is 1. The zero-order valence-corrected chi connectivity index (χ0v) is 16.2. The molecule has 0 saturated carbocycles. The molecule has 0 saturated heterocycles. The van der Waals surface area contributed by atoms with Crippen LogP contribution >= 0.6 is 0 Å². The fraction of sp³-hybridized carbons (Fsp3) is 0.261. The Morgan fingerprint density at radius 3 is 2.64 bits per heavy atom. The first-order chi connectivity index (χ1) is 13.7. The highest BCUT2D eigenvalue weighted by molar-refractivity contribution is 6.07. The normalized spacial score (nSPS) is 15.4. The lowest BCUT2D eigenvalue weighted by molar-refractivity contribution is 0.0976. The van der Waals surface area contributed by atoms with Crippen LogP contribution in [0.15, 0.2) is 60.7 Å². The van der Waals surface area contributed by atoms with Crippen LogP contribution in [-0.2, 0) is 6.42 Å². The van der Waals surface area contributed by atoms with Gasteiger partial charge in [-0.05, 0) is 31.4 Å². The van der Waals surface area contributed by atoms with Crippen molar-refractivity contribution in [1.29, 1.82) is 0 Å². The Hall–Kier alpha value is -3.21. The summed E-state index contributed by atoms with van der Waals surface area (Å²) in [5.41, 5.74) is 3.48. The summed E-state index contributed by atoms with van der Waals surface area (Å²) < 4.78 is 0. The molecule has 28 heavy (non-hydrogen) atoms. The Labute approximate surface area is 165 Å². The van der Waals surface area contributed by atoms with E-state index in [0.717, 1.165) is 30.6 Å². The number of anilines is 2. The number of rotatable bonds is 5. The van der Waals surface area contributed by atoms with Crippen LogP contribution in [-0.4, -0.2) is 28.5 Å². The van der Waals surface area contributed by atoms with Gasteiger partial charge < -0.3 is 10.2 Å². The molecule has 5 nitrogen and oxygen atoms in total. The summed E-state index contributed by atoms with van der Waals surface area (Å²) in [6.45, 7) is 4.97. The fourth-order valence-corrected chi connectivity index (χ4v) is 3.62. The number of carbonyl (C=O) groups excluding carboxylic acids is 1. The van der Waals surface area contributed by atoms with Crippen LogP contribution in [0.2, 0.25) is 0 Å². The Morgan fingerprint density at radius 2 is 1.86 bits per heavy atom. The molecule has 3 aromatic rings. The molecule has 1 aliphatic heterocycles. The zero-order valence-electron chi connectivity index (χ0n) is 16.2. The molecule has 1 aliphatic rings. The molecule has 0 aliphatic carbocycles. The zero-order chi connectivity index (χ0) is 19.5. The third kappa shape index (κ3) is 3.48. The molecular weight excluding hydrogens is 348 g/mol. The van der Waals surface area contributed by atoms with Crippen molar-refractivity contribution >= 4 is 17.4 Å². The average molecular weight is 372 g/mol. The molecule has 142 valence electrons. The Kier molecular flexibility index (Phi) is 5.06. The van der Waals surface area contributed by atoms with Crippen molar-refractivity contribution in [1.82, 2.24) is 9.97 Å². The van der Waals surface area contributed by atoms with Crippen molar-refractivity contribution in [3.05, 3.63) is 71.9 Å². The van der Waals surface area contributed by atoms with Gasteiger partial charge in [0.2, 0.25) is 0 Å². The molecule has 1 unspecified atom stereocenters. The second kappa shape index (κ2) is 7.80. The molecule has 5 heteroatoms. The predicted molar refractivity (Wildman–Crippen MR) is 113 cm³/mol. The smallest absolute Gasteiger partial charge is 0.277 e. The summed E-state index contributed by atoms with van der Waals surface area (Å²) in [5, 5.41) is 3.30. The number of amides is 1. The number of hydrogen-bond donors (Lipinski definition) is 1. The lowest BCUT2D eigenvalue weighted by Gasteiger charge is -2.22. The van der Waals surface area contributed by atoms with Gasteiger partial charge in [-0.15, -0.1) is 0 Å². The number of nitrogens with one attached hydrogen (secondary N) is 1. The summed E-state index contributed by atoms with van der Waals surface area (Å²) >= 11 is 0. The SMILES string of the molecule is CCCNc1cc(C(=O)N2c3ccccc3CC2C)nc(-c2ccccc2)n1. The fourth-order valence-electron chi connectivity index (χ4n) is 3.62. The number of hydrogen-bond acceptors (Lipinski definition) is 4. The number of carbonyl (C=O) groups is 1.